The van der Waals surface area contributed by atoms with Crippen molar-refractivity contribution in [2.45, 2.75) is 6.42 Å². The van der Waals surface area contributed by atoms with E-state index >= 15 is 0 Å². The van der Waals surface area contributed by atoms with Crippen molar-refractivity contribution in [1.29, 1.82) is 0 Å². The van der Waals surface area contributed by atoms with Crippen LogP contribution in [0.5, 0.6) is 5.75 Å². The number of carbonyl (C=O) groups is 1. The highest BCUT2D eigenvalue weighted by atomic mass is 16.5. The molecule has 0 radical (unpaired) electrons. The van der Waals surface area contributed by atoms with Gasteiger partial charge in [0.05, 0.1) is 25.4 Å². The molecule has 1 amide bonds. The third-order valence-corrected chi connectivity index (χ3v) is 3.70. The first-order valence-electron chi connectivity index (χ1n) is 7.94. The average Bonchev–Trinajstić information content (AvgIpc) is 3.11. The zero-order chi connectivity index (χ0) is 17.5. The first-order chi connectivity index (χ1) is 12.3. The highest BCUT2D eigenvalue weighted by Gasteiger charge is 2.04. The number of nitrogens with one attached hydrogen (secondary N) is 1. The molecule has 0 fully saturated rings. The Morgan fingerprint density at radius 1 is 1.12 bits per heavy atom. The summed E-state index contributed by atoms with van der Waals surface area (Å²) >= 11 is 0. The monoisotopic (exact) mass is 333 g/mol. The number of hydrogen-bond donors (Lipinski definition) is 1. The largest absolute Gasteiger partial charge is 0.497 e. The van der Waals surface area contributed by atoms with Crippen molar-refractivity contribution < 1.29 is 9.53 Å². The van der Waals surface area contributed by atoms with E-state index in [1.165, 1.54) is 0 Å². The van der Waals surface area contributed by atoms with Gasteiger partial charge in [-0.25, -0.2) is 5.43 Å². The lowest BCUT2D eigenvalue weighted by atomic mass is 10.1. The van der Waals surface area contributed by atoms with Gasteiger partial charge in [-0.2, -0.15) is 5.10 Å². The third-order valence-electron chi connectivity index (χ3n) is 3.70. The Bertz CT molecular complexity index is 869. The Kier molecular flexibility index (Phi) is 5.26. The molecule has 0 saturated heterocycles. The number of aromatic nitrogens is 1. The zero-order valence-corrected chi connectivity index (χ0v) is 13.9. The summed E-state index contributed by atoms with van der Waals surface area (Å²) in [6.45, 7) is 0. The van der Waals surface area contributed by atoms with E-state index in [-0.39, 0.29) is 12.3 Å². The van der Waals surface area contributed by atoms with E-state index in [1.54, 1.807) is 13.3 Å². The maximum absolute atomic E-state index is 12.0. The number of hydrogen-bond acceptors (Lipinski definition) is 3. The van der Waals surface area contributed by atoms with Gasteiger partial charge < -0.3 is 9.30 Å². The van der Waals surface area contributed by atoms with Gasteiger partial charge in [0.2, 0.25) is 5.91 Å². The van der Waals surface area contributed by atoms with Crippen LogP contribution in [0.3, 0.4) is 0 Å². The molecule has 1 N–H and O–H groups in total. The van der Waals surface area contributed by atoms with E-state index < -0.39 is 0 Å². The molecular formula is C20H19N3O2. The molecule has 0 aliphatic rings. The summed E-state index contributed by atoms with van der Waals surface area (Å²) in [5, 5.41) is 4.06. The Balaban J connectivity index is 1.62. The van der Waals surface area contributed by atoms with Crippen molar-refractivity contribution in [2.24, 2.45) is 5.10 Å². The summed E-state index contributed by atoms with van der Waals surface area (Å²) in [5.41, 5.74) is 5.36. The Morgan fingerprint density at radius 2 is 1.96 bits per heavy atom. The van der Waals surface area contributed by atoms with Gasteiger partial charge in [0.1, 0.15) is 5.75 Å². The maximum atomic E-state index is 12.0. The van der Waals surface area contributed by atoms with Gasteiger partial charge >= 0.3 is 0 Å². The number of nitrogens with zero attached hydrogens (tertiary/aromatic N) is 2. The van der Waals surface area contributed by atoms with Crippen LogP contribution in [0.2, 0.25) is 0 Å². The van der Waals surface area contributed by atoms with E-state index in [9.17, 15) is 4.79 Å². The molecule has 0 aliphatic heterocycles. The predicted octanol–water partition coefficient (Wildman–Crippen LogP) is 3.18. The van der Waals surface area contributed by atoms with Crippen LogP contribution in [0.4, 0.5) is 0 Å². The van der Waals surface area contributed by atoms with E-state index in [0.29, 0.717) is 0 Å². The van der Waals surface area contributed by atoms with Crippen LogP contribution >= 0.6 is 0 Å². The second kappa shape index (κ2) is 7.97. The van der Waals surface area contributed by atoms with Crippen molar-refractivity contribution in [1.82, 2.24) is 9.99 Å². The SMILES string of the molecule is COc1cccc(CC(=O)N/N=C/c2cccn2-c2ccccc2)c1. The second-order valence-electron chi connectivity index (χ2n) is 5.46. The van der Waals surface area contributed by atoms with Crippen LogP contribution in [0, 0.1) is 0 Å². The number of carbonyl (C=O) groups excluding carboxylic acids is 1. The minimum absolute atomic E-state index is 0.178. The molecular weight excluding hydrogens is 314 g/mol. The lowest BCUT2D eigenvalue weighted by Gasteiger charge is -2.06. The highest BCUT2D eigenvalue weighted by molar-refractivity contribution is 5.82. The third kappa shape index (κ3) is 4.35. The number of methoxy groups -OCH3 is 1. The molecule has 126 valence electrons. The molecule has 3 rings (SSSR count). The lowest BCUT2D eigenvalue weighted by molar-refractivity contribution is -0.120. The summed E-state index contributed by atoms with van der Waals surface area (Å²) < 4.78 is 7.16. The van der Waals surface area contributed by atoms with E-state index in [0.717, 1.165) is 22.7 Å². The summed E-state index contributed by atoms with van der Waals surface area (Å²) in [6, 6.07) is 21.2. The normalized spacial score (nSPS) is 10.8. The maximum Gasteiger partial charge on any atom is 0.244 e. The minimum atomic E-state index is -0.178. The van der Waals surface area contributed by atoms with E-state index in [4.69, 9.17) is 4.74 Å². The molecule has 3 aromatic rings. The van der Waals surface area contributed by atoms with Gasteiger partial charge in [-0.15, -0.1) is 0 Å². The summed E-state index contributed by atoms with van der Waals surface area (Å²) in [7, 11) is 1.60. The van der Waals surface area contributed by atoms with Gasteiger partial charge in [-0.3, -0.25) is 4.79 Å². The van der Waals surface area contributed by atoms with Gasteiger partial charge in [0.15, 0.2) is 0 Å². The van der Waals surface area contributed by atoms with Crippen molar-refractivity contribution >= 4 is 12.1 Å². The number of benzene rings is 2. The molecule has 5 nitrogen and oxygen atoms in total. The average molecular weight is 333 g/mol. The Labute approximate surface area is 146 Å². The molecule has 2 aromatic carbocycles. The van der Waals surface area contributed by atoms with Crippen LogP contribution in [-0.4, -0.2) is 23.8 Å². The summed E-state index contributed by atoms with van der Waals surface area (Å²) in [5.74, 6) is 0.553. The highest BCUT2D eigenvalue weighted by Crippen LogP contribution is 2.13. The fraction of sp³-hybridized carbons (Fsp3) is 0.100. The zero-order valence-electron chi connectivity index (χ0n) is 13.9. The molecule has 0 bridgehead atoms. The smallest absolute Gasteiger partial charge is 0.244 e. The van der Waals surface area contributed by atoms with E-state index in [1.807, 2.05) is 77.5 Å². The van der Waals surface area contributed by atoms with Crippen LogP contribution in [0.15, 0.2) is 78.0 Å². The molecule has 0 spiro atoms. The van der Waals surface area contributed by atoms with Crippen molar-refractivity contribution in [2.75, 3.05) is 7.11 Å². The molecule has 1 aromatic heterocycles. The fourth-order valence-corrected chi connectivity index (χ4v) is 2.50. The fourth-order valence-electron chi connectivity index (χ4n) is 2.50. The molecule has 0 saturated carbocycles. The van der Waals surface area contributed by atoms with Crippen molar-refractivity contribution in [3.05, 3.63) is 84.2 Å². The van der Waals surface area contributed by atoms with Crippen LogP contribution < -0.4 is 10.2 Å². The minimum Gasteiger partial charge on any atom is -0.497 e. The van der Waals surface area contributed by atoms with Crippen molar-refractivity contribution in [3.8, 4) is 11.4 Å². The molecule has 0 atom stereocenters. The molecule has 25 heavy (non-hydrogen) atoms. The van der Waals surface area contributed by atoms with Crippen LogP contribution in [0.25, 0.3) is 5.69 Å². The molecule has 0 unspecified atom stereocenters. The van der Waals surface area contributed by atoms with Gasteiger partial charge in [0, 0.05) is 11.9 Å². The topological polar surface area (TPSA) is 55.6 Å². The lowest BCUT2D eigenvalue weighted by Crippen LogP contribution is -2.20. The standard InChI is InChI=1S/C20H19N3O2/c1-25-19-11-5-7-16(13-19)14-20(24)22-21-15-18-10-6-12-23(18)17-8-3-2-4-9-17/h2-13,15H,14H2,1H3,(H,22,24)/b21-15+. The quantitative estimate of drug-likeness (QED) is 0.556. The Morgan fingerprint density at radius 3 is 2.76 bits per heavy atom. The van der Waals surface area contributed by atoms with E-state index in [2.05, 4.69) is 10.5 Å². The predicted molar refractivity (Wildman–Crippen MR) is 98.2 cm³/mol. The van der Waals surface area contributed by atoms with Crippen molar-refractivity contribution in [3.63, 3.8) is 0 Å². The number of rotatable bonds is 6. The first kappa shape index (κ1) is 16.5. The number of hydrazone groups is 1. The molecule has 0 aliphatic carbocycles. The van der Waals surface area contributed by atoms with Crippen LogP contribution in [-0.2, 0) is 11.2 Å². The van der Waals surface area contributed by atoms with Crippen LogP contribution in [0.1, 0.15) is 11.3 Å². The number of ether oxygens (including phenoxy) is 1. The summed E-state index contributed by atoms with van der Waals surface area (Å²) in [6.07, 6.45) is 3.83. The van der Waals surface area contributed by atoms with Gasteiger partial charge in [-0.1, -0.05) is 30.3 Å². The van der Waals surface area contributed by atoms with Gasteiger partial charge in [-0.05, 0) is 42.0 Å². The number of para-hydroxylation sites is 1. The molecule has 5 heteroatoms. The number of amides is 1. The van der Waals surface area contributed by atoms with Gasteiger partial charge in [0.25, 0.3) is 0 Å². The molecule has 1 heterocycles. The Hall–Kier alpha value is -3.34. The second-order valence-corrected chi connectivity index (χ2v) is 5.46. The first-order valence-corrected chi connectivity index (χ1v) is 7.94. The summed E-state index contributed by atoms with van der Waals surface area (Å²) in [4.78, 5) is 12.0.